The standard InChI is InChI=1S/C22H18F7N3O4/c1-5-20(9-33,22(27,28)29)31-19(36)17(34)15-10(2)16(32(4)11(15)3)18(35)30-12-6-7-14(23)13(8-12)21(24,25)26/h1,6-8,33H,9H2,2-4H3,(H,30,35)(H,31,36)/t20-/m0/s1. The highest BCUT2D eigenvalue weighted by Crippen LogP contribution is 2.33. The predicted octanol–water partition coefficient (Wildman–Crippen LogP) is 3.28. The van der Waals surface area contributed by atoms with E-state index < -0.39 is 64.7 Å². The molecule has 2 amide bonds. The Labute approximate surface area is 199 Å². The molecular weight excluding hydrogens is 503 g/mol. The molecule has 0 spiro atoms. The molecule has 0 unspecified atom stereocenters. The molecule has 14 heteroatoms. The molecule has 3 N–H and O–H groups in total. The van der Waals surface area contributed by atoms with E-state index in [0.29, 0.717) is 12.1 Å². The highest BCUT2D eigenvalue weighted by atomic mass is 19.4. The number of amides is 2. The van der Waals surface area contributed by atoms with E-state index in [2.05, 4.69) is 5.32 Å². The van der Waals surface area contributed by atoms with Gasteiger partial charge >= 0.3 is 12.4 Å². The molecular formula is C22H18F7N3O4. The number of aliphatic hydroxyl groups is 1. The molecule has 0 saturated heterocycles. The van der Waals surface area contributed by atoms with Crippen molar-refractivity contribution in [1.82, 2.24) is 9.88 Å². The van der Waals surface area contributed by atoms with Gasteiger partial charge in [-0.25, -0.2) is 4.39 Å². The molecule has 1 heterocycles. The van der Waals surface area contributed by atoms with Crippen molar-refractivity contribution in [3.63, 3.8) is 0 Å². The van der Waals surface area contributed by atoms with Gasteiger partial charge in [0.05, 0.1) is 17.7 Å². The van der Waals surface area contributed by atoms with Crippen molar-refractivity contribution in [3.05, 3.63) is 52.1 Å². The monoisotopic (exact) mass is 521 g/mol. The molecule has 0 fully saturated rings. The van der Waals surface area contributed by atoms with Crippen LogP contribution in [0, 0.1) is 32.0 Å². The van der Waals surface area contributed by atoms with Crippen LogP contribution in [-0.4, -0.2) is 45.6 Å². The molecule has 194 valence electrons. The number of terminal acetylenes is 1. The summed E-state index contributed by atoms with van der Waals surface area (Å²) >= 11 is 0. The predicted molar refractivity (Wildman–Crippen MR) is 111 cm³/mol. The Hall–Kier alpha value is -3.86. The van der Waals surface area contributed by atoms with Crippen molar-refractivity contribution in [2.45, 2.75) is 31.7 Å². The van der Waals surface area contributed by atoms with Crippen LogP contribution in [0.1, 0.15) is 37.7 Å². The van der Waals surface area contributed by atoms with Crippen LogP contribution in [0.3, 0.4) is 0 Å². The minimum Gasteiger partial charge on any atom is -0.393 e. The van der Waals surface area contributed by atoms with Crippen LogP contribution >= 0.6 is 0 Å². The van der Waals surface area contributed by atoms with E-state index in [4.69, 9.17) is 11.5 Å². The highest BCUT2D eigenvalue weighted by Gasteiger charge is 2.55. The number of Topliss-reactive ketones (excluding diaryl/α,β-unsaturated/α-hetero) is 1. The van der Waals surface area contributed by atoms with Gasteiger partial charge in [-0.05, 0) is 37.6 Å². The number of nitrogens with one attached hydrogen (secondary N) is 2. The second kappa shape index (κ2) is 9.65. The van der Waals surface area contributed by atoms with Crippen LogP contribution in [-0.2, 0) is 18.0 Å². The normalized spacial score (nSPS) is 13.5. The summed E-state index contributed by atoms with van der Waals surface area (Å²) in [5.41, 5.74) is -6.65. The van der Waals surface area contributed by atoms with E-state index in [1.165, 1.54) is 32.1 Å². The van der Waals surface area contributed by atoms with Crippen LogP contribution in [0.15, 0.2) is 18.2 Å². The lowest BCUT2D eigenvalue weighted by molar-refractivity contribution is -0.189. The summed E-state index contributed by atoms with van der Waals surface area (Å²) in [5, 5.41) is 12.5. The first kappa shape index (κ1) is 28.4. The van der Waals surface area contributed by atoms with E-state index >= 15 is 0 Å². The molecule has 1 aromatic carbocycles. The van der Waals surface area contributed by atoms with Gasteiger partial charge in [-0.3, -0.25) is 14.4 Å². The van der Waals surface area contributed by atoms with Crippen molar-refractivity contribution < 1.29 is 50.2 Å². The molecule has 0 saturated carbocycles. The fourth-order valence-electron chi connectivity index (χ4n) is 3.37. The zero-order valence-corrected chi connectivity index (χ0v) is 18.8. The number of rotatable bonds is 6. The summed E-state index contributed by atoms with van der Waals surface area (Å²) in [5.74, 6) is -4.75. The van der Waals surface area contributed by atoms with Gasteiger partial charge in [0.15, 0.2) is 0 Å². The fourth-order valence-corrected chi connectivity index (χ4v) is 3.37. The van der Waals surface area contributed by atoms with Gasteiger partial charge in [-0.1, -0.05) is 5.92 Å². The molecule has 0 bridgehead atoms. The zero-order valence-electron chi connectivity index (χ0n) is 18.8. The lowest BCUT2D eigenvalue weighted by Crippen LogP contribution is -2.61. The maximum absolute atomic E-state index is 13.5. The summed E-state index contributed by atoms with van der Waals surface area (Å²) in [6.07, 6.45) is -5.53. The van der Waals surface area contributed by atoms with E-state index in [0.717, 1.165) is 10.6 Å². The molecule has 1 atom stereocenters. The minimum absolute atomic E-state index is 0.0461. The molecule has 7 nitrogen and oxygen atoms in total. The van der Waals surface area contributed by atoms with Crippen LogP contribution < -0.4 is 10.6 Å². The van der Waals surface area contributed by atoms with Gasteiger partial charge in [0, 0.05) is 18.4 Å². The lowest BCUT2D eigenvalue weighted by Gasteiger charge is -2.29. The van der Waals surface area contributed by atoms with Crippen molar-refractivity contribution >= 4 is 23.3 Å². The third-order valence-electron chi connectivity index (χ3n) is 5.40. The first-order valence-corrected chi connectivity index (χ1v) is 9.78. The average molecular weight is 521 g/mol. The van der Waals surface area contributed by atoms with E-state index in [-0.39, 0.29) is 17.0 Å². The largest absolute Gasteiger partial charge is 0.425 e. The van der Waals surface area contributed by atoms with Crippen LogP contribution in [0.4, 0.5) is 36.4 Å². The Morgan fingerprint density at radius 2 is 1.69 bits per heavy atom. The van der Waals surface area contributed by atoms with Crippen molar-refractivity contribution in [3.8, 4) is 12.3 Å². The number of ketones is 1. The molecule has 2 aromatic rings. The summed E-state index contributed by atoms with van der Waals surface area (Å²) in [6, 6.07) is 1.70. The topological polar surface area (TPSA) is 100 Å². The van der Waals surface area contributed by atoms with Crippen molar-refractivity contribution in [2.75, 3.05) is 11.9 Å². The Balaban J connectivity index is 2.43. The fraction of sp³-hybridized carbons (Fsp3) is 0.318. The Morgan fingerprint density at radius 1 is 1.11 bits per heavy atom. The van der Waals surface area contributed by atoms with Gasteiger partial charge in [0.25, 0.3) is 17.6 Å². The number of anilines is 1. The van der Waals surface area contributed by atoms with Gasteiger partial charge in [-0.15, -0.1) is 6.42 Å². The third-order valence-corrected chi connectivity index (χ3v) is 5.40. The molecule has 0 radical (unpaired) electrons. The van der Waals surface area contributed by atoms with E-state index in [9.17, 15) is 45.1 Å². The van der Waals surface area contributed by atoms with E-state index in [1.54, 1.807) is 0 Å². The molecule has 1 aromatic heterocycles. The first-order chi connectivity index (χ1) is 16.4. The Morgan fingerprint density at radius 3 is 2.17 bits per heavy atom. The lowest BCUT2D eigenvalue weighted by atomic mass is 9.99. The zero-order chi connectivity index (χ0) is 27.8. The van der Waals surface area contributed by atoms with Gasteiger partial charge in [-0.2, -0.15) is 26.3 Å². The highest BCUT2D eigenvalue weighted by molar-refractivity contribution is 6.44. The average Bonchev–Trinajstić information content (AvgIpc) is 2.99. The van der Waals surface area contributed by atoms with Crippen LogP contribution in [0.25, 0.3) is 0 Å². The Kier molecular flexibility index (Phi) is 7.61. The molecule has 0 aliphatic rings. The maximum atomic E-state index is 13.5. The molecule has 0 aliphatic carbocycles. The number of aromatic nitrogens is 1. The SMILES string of the molecule is C#C[C@@](CO)(NC(=O)C(=O)c1c(C)c(C(=O)Nc2ccc(F)c(C(F)(F)F)c2)n(C)c1C)C(F)(F)F. The number of aliphatic hydroxyl groups excluding tert-OH is 1. The van der Waals surface area contributed by atoms with Crippen LogP contribution in [0.5, 0.6) is 0 Å². The minimum atomic E-state index is -5.32. The number of halogens is 7. The number of carbonyl (C=O) groups is 3. The number of carbonyl (C=O) groups excluding carboxylic acids is 3. The number of alkyl halides is 6. The van der Waals surface area contributed by atoms with E-state index in [1.807, 2.05) is 0 Å². The van der Waals surface area contributed by atoms with Gasteiger partial charge < -0.3 is 20.3 Å². The number of nitrogens with zero attached hydrogens (tertiary/aromatic N) is 1. The second-order valence-corrected chi connectivity index (χ2v) is 7.63. The summed E-state index contributed by atoms with van der Waals surface area (Å²) < 4.78 is 93.3. The summed E-state index contributed by atoms with van der Waals surface area (Å²) in [7, 11) is 1.26. The smallest absolute Gasteiger partial charge is 0.393 e. The molecule has 0 aliphatic heterocycles. The molecule has 36 heavy (non-hydrogen) atoms. The number of hydrogen-bond acceptors (Lipinski definition) is 4. The number of hydrogen-bond donors (Lipinski definition) is 3. The quantitative estimate of drug-likeness (QED) is 0.235. The van der Waals surface area contributed by atoms with Gasteiger partial charge in [0.2, 0.25) is 5.54 Å². The van der Waals surface area contributed by atoms with Crippen molar-refractivity contribution in [2.24, 2.45) is 7.05 Å². The third kappa shape index (κ3) is 5.06. The summed E-state index contributed by atoms with van der Waals surface area (Å²) in [6.45, 7) is 0.677. The molecule has 2 rings (SSSR count). The first-order valence-electron chi connectivity index (χ1n) is 9.78. The van der Waals surface area contributed by atoms with Gasteiger partial charge in [0.1, 0.15) is 11.5 Å². The second-order valence-electron chi connectivity index (χ2n) is 7.63. The Bertz CT molecular complexity index is 1270. The van der Waals surface area contributed by atoms with Crippen LogP contribution in [0.2, 0.25) is 0 Å². The number of benzene rings is 1. The maximum Gasteiger partial charge on any atom is 0.425 e. The summed E-state index contributed by atoms with van der Waals surface area (Å²) in [4.78, 5) is 37.9. The van der Waals surface area contributed by atoms with Crippen molar-refractivity contribution in [1.29, 1.82) is 0 Å².